The Labute approximate surface area is 120 Å². The van der Waals surface area contributed by atoms with E-state index in [0.29, 0.717) is 18.5 Å². The lowest BCUT2D eigenvalue weighted by Gasteiger charge is -2.28. The summed E-state index contributed by atoms with van der Waals surface area (Å²) in [6, 6.07) is 15.0. The molecule has 2 atom stereocenters. The summed E-state index contributed by atoms with van der Waals surface area (Å²) in [6.45, 7) is 2.20. The van der Waals surface area contributed by atoms with Crippen molar-refractivity contribution in [3.8, 4) is 0 Å². The fourth-order valence-corrected chi connectivity index (χ4v) is 3.20. The van der Waals surface area contributed by atoms with Crippen LogP contribution in [0.2, 0.25) is 0 Å². The van der Waals surface area contributed by atoms with Crippen LogP contribution in [-0.4, -0.2) is 17.9 Å². The Kier molecular flexibility index (Phi) is 3.83. The van der Waals surface area contributed by atoms with E-state index in [0.717, 1.165) is 22.8 Å². The number of piperidine rings is 1. The van der Waals surface area contributed by atoms with Gasteiger partial charge < -0.3 is 5.32 Å². The van der Waals surface area contributed by atoms with Crippen molar-refractivity contribution in [3.05, 3.63) is 48.0 Å². The lowest BCUT2D eigenvalue weighted by Crippen LogP contribution is -2.41. The van der Waals surface area contributed by atoms with E-state index >= 15 is 0 Å². The summed E-state index contributed by atoms with van der Waals surface area (Å²) in [6.07, 6.45) is 4.17. The average Bonchev–Trinajstić information content (AvgIpc) is 2.46. The highest BCUT2D eigenvalue weighted by Crippen LogP contribution is 2.22. The van der Waals surface area contributed by atoms with Crippen LogP contribution in [0.4, 0.5) is 0 Å². The van der Waals surface area contributed by atoms with Gasteiger partial charge in [0.25, 0.3) is 0 Å². The van der Waals surface area contributed by atoms with Gasteiger partial charge in [0.1, 0.15) is 0 Å². The molecule has 0 bridgehead atoms. The van der Waals surface area contributed by atoms with Gasteiger partial charge in [0.05, 0.1) is 0 Å². The summed E-state index contributed by atoms with van der Waals surface area (Å²) in [5, 5.41) is 5.76. The van der Waals surface area contributed by atoms with Gasteiger partial charge in [-0.3, -0.25) is 4.79 Å². The quantitative estimate of drug-likeness (QED) is 0.853. The van der Waals surface area contributed by atoms with Crippen LogP contribution >= 0.6 is 0 Å². The first-order valence-corrected chi connectivity index (χ1v) is 7.51. The molecule has 3 rings (SSSR count). The molecule has 1 fully saturated rings. The molecule has 2 unspecified atom stereocenters. The first kappa shape index (κ1) is 13.3. The molecular formula is C18H21NO. The van der Waals surface area contributed by atoms with Gasteiger partial charge in [-0.2, -0.15) is 0 Å². The average molecular weight is 267 g/mol. The van der Waals surface area contributed by atoms with Gasteiger partial charge in [0, 0.05) is 24.1 Å². The van der Waals surface area contributed by atoms with E-state index in [-0.39, 0.29) is 5.78 Å². The van der Waals surface area contributed by atoms with E-state index in [2.05, 4.69) is 24.4 Å². The van der Waals surface area contributed by atoms with Gasteiger partial charge in [0.2, 0.25) is 0 Å². The maximum Gasteiger partial charge on any atom is 0.165 e. The van der Waals surface area contributed by atoms with Crippen molar-refractivity contribution in [1.29, 1.82) is 0 Å². The monoisotopic (exact) mass is 267 g/mol. The maximum atomic E-state index is 12.6. The van der Waals surface area contributed by atoms with Crippen LogP contribution in [0.5, 0.6) is 0 Å². The second-order valence-electron chi connectivity index (χ2n) is 5.85. The Hall–Kier alpha value is -1.67. The Morgan fingerprint density at radius 3 is 2.80 bits per heavy atom. The summed E-state index contributed by atoms with van der Waals surface area (Å²) in [5.74, 6) is 0.258. The standard InChI is InChI=1S/C18H21NO/c1-13-6-4-9-15(19-13)12-18(20)17-11-5-8-14-7-2-3-10-16(14)17/h2-3,5,7-8,10-11,13,15,19H,4,6,9,12H2,1H3. The van der Waals surface area contributed by atoms with Crippen molar-refractivity contribution in [2.24, 2.45) is 0 Å². The number of hydrogen-bond acceptors (Lipinski definition) is 2. The number of Topliss-reactive ketones (excluding diaryl/α,β-unsaturated/α-hetero) is 1. The summed E-state index contributed by atoms with van der Waals surface area (Å²) in [7, 11) is 0. The molecule has 0 aliphatic carbocycles. The van der Waals surface area contributed by atoms with Crippen LogP contribution in [0.3, 0.4) is 0 Å². The van der Waals surface area contributed by atoms with Gasteiger partial charge in [-0.25, -0.2) is 0 Å². The summed E-state index contributed by atoms with van der Waals surface area (Å²) < 4.78 is 0. The third-order valence-electron chi connectivity index (χ3n) is 4.23. The van der Waals surface area contributed by atoms with E-state index in [4.69, 9.17) is 0 Å². The summed E-state index contributed by atoms with van der Waals surface area (Å²) in [4.78, 5) is 12.6. The second-order valence-corrected chi connectivity index (χ2v) is 5.85. The zero-order valence-corrected chi connectivity index (χ0v) is 11.9. The van der Waals surface area contributed by atoms with E-state index in [1.54, 1.807) is 0 Å². The van der Waals surface area contributed by atoms with Gasteiger partial charge >= 0.3 is 0 Å². The summed E-state index contributed by atoms with van der Waals surface area (Å²) >= 11 is 0. The van der Waals surface area contributed by atoms with Crippen molar-refractivity contribution in [2.75, 3.05) is 0 Å². The minimum absolute atomic E-state index is 0.258. The molecule has 2 nitrogen and oxygen atoms in total. The molecule has 2 aromatic carbocycles. The fraction of sp³-hybridized carbons (Fsp3) is 0.389. The molecule has 0 amide bonds. The molecule has 104 valence electrons. The van der Waals surface area contributed by atoms with E-state index in [1.807, 2.05) is 30.3 Å². The Bertz CT molecular complexity index is 614. The first-order chi connectivity index (χ1) is 9.74. The van der Waals surface area contributed by atoms with Crippen molar-refractivity contribution in [2.45, 2.75) is 44.7 Å². The topological polar surface area (TPSA) is 29.1 Å². The predicted molar refractivity (Wildman–Crippen MR) is 83.1 cm³/mol. The van der Waals surface area contributed by atoms with Gasteiger partial charge in [-0.05, 0) is 30.5 Å². The molecule has 1 N–H and O–H groups in total. The molecule has 20 heavy (non-hydrogen) atoms. The fourth-order valence-electron chi connectivity index (χ4n) is 3.20. The van der Waals surface area contributed by atoms with E-state index in [1.165, 1.54) is 12.8 Å². The largest absolute Gasteiger partial charge is 0.311 e. The number of hydrogen-bond donors (Lipinski definition) is 1. The highest BCUT2D eigenvalue weighted by Gasteiger charge is 2.21. The molecule has 0 aromatic heterocycles. The molecule has 1 saturated heterocycles. The van der Waals surface area contributed by atoms with E-state index < -0.39 is 0 Å². The number of carbonyl (C=O) groups is 1. The van der Waals surface area contributed by atoms with Crippen LogP contribution < -0.4 is 5.32 Å². The second kappa shape index (κ2) is 5.76. The zero-order valence-electron chi connectivity index (χ0n) is 11.9. The number of ketones is 1. The van der Waals surface area contributed by atoms with Crippen molar-refractivity contribution in [3.63, 3.8) is 0 Å². The van der Waals surface area contributed by atoms with Crippen LogP contribution in [0.1, 0.15) is 43.0 Å². The molecule has 2 heteroatoms. The van der Waals surface area contributed by atoms with E-state index in [9.17, 15) is 4.79 Å². The minimum Gasteiger partial charge on any atom is -0.311 e. The van der Waals surface area contributed by atoms with Crippen molar-refractivity contribution < 1.29 is 4.79 Å². The molecule has 0 spiro atoms. The highest BCUT2D eigenvalue weighted by atomic mass is 16.1. The number of rotatable bonds is 3. The number of nitrogens with one attached hydrogen (secondary N) is 1. The number of fused-ring (bicyclic) bond motifs is 1. The molecule has 2 aromatic rings. The SMILES string of the molecule is CC1CCCC(CC(=O)c2cccc3ccccc23)N1. The van der Waals surface area contributed by atoms with Crippen LogP contribution in [0.25, 0.3) is 10.8 Å². The van der Waals surface area contributed by atoms with Crippen LogP contribution in [0.15, 0.2) is 42.5 Å². The molecule has 1 aliphatic rings. The zero-order chi connectivity index (χ0) is 13.9. The Balaban J connectivity index is 1.82. The Morgan fingerprint density at radius 1 is 1.15 bits per heavy atom. The normalized spacial score (nSPS) is 22.9. The molecule has 0 radical (unpaired) electrons. The Morgan fingerprint density at radius 2 is 1.95 bits per heavy atom. The van der Waals surface area contributed by atoms with Crippen molar-refractivity contribution in [1.82, 2.24) is 5.32 Å². The predicted octanol–water partition coefficient (Wildman–Crippen LogP) is 3.94. The number of carbonyl (C=O) groups excluding carboxylic acids is 1. The molecule has 0 saturated carbocycles. The minimum atomic E-state index is 0.258. The van der Waals surface area contributed by atoms with Gasteiger partial charge in [-0.1, -0.05) is 48.9 Å². The van der Waals surface area contributed by atoms with Crippen LogP contribution in [-0.2, 0) is 0 Å². The molecule has 1 aliphatic heterocycles. The van der Waals surface area contributed by atoms with Gasteiger partial charge in [-0.15, -0.1) is 0 Å². The van der Waals surface area contributed by atoms with Gasteiger partial charge in [0.15, 0.2) is 5.78 Å². The summed E-state index contributed by atoms with van der Waals surface area (Å²) in [5.41, 5.74) is 0.864. The van der Waals surface area contributed by atoms with Crippen LogP contribution in [0, 0.1) is 0 Å². The number of benzene rings is 2. The molecule has 1 heterocycles. The smallest absolute Gasteiger partial charge is 0.165 e. The lowest BCUT2D eigenvalue weighted by molar-refractivity contribution is 0.0961. The third-order valence-corrected chi connectivity index (χ3v) is 4.23. The maximum absolute atomic E-state index is 12.6. The third kappa shape index (κ3) is 2.75. The lowest BCUT2D eigenvalue weighted by atomic mass is 9.92. The highest BCUT2D eigenvalue weighted by molar-refractivity contribution is 6.08. The van der Waals surface area contributed by atoms with Crippen molar-refractivity contribution >= 4 is 16.6 Å². The first-order valence-electron chi connectivity index (χ1n) is 7.51. The molecular weight excluding hydrogens is 246 g/mol.